The lowest BCUT2D eigenvalue weighted by Crippen LogP contribution is -2.49. The van der Waals surface area contributed by atoms with Crippen molar-refractivity contribution in [3.63, 3.8) is 0 Å². The highest BCUT2D eigenvalue weighted by atomic mass is 16.6. The quantitative estimate of drug-likeness (QED) is 0.822. The average molecular weight is 259 g/mol. The van der Waals surface area contributed by atoms with Gasteiger partial charge in [0.15, 0.2) is 11.5 Å². The van der Waals surface area contributed by atoms with Crippen molar-refractivity contribution in [2.75, 3.05) is 31.2 Å². The Hall–Kier alpha value is -1.93. The number of piperidine rings is 1. The Morgan fingerprint density at radius 3 is 2.53 bits per heavy atom. The standard InChI is InChI=1S/C14H17N3O2/c15-10-14(16)3-5-17(6-4-14)11-1-2-12-13(9-11)19-8-7-18-12/h1-2,9H,3-8,16H2. The first-order chi connectivity index (χ1) is 9.20. The number of anilines is 1. The molecule has 0 unspecified atom stereocenters. The molecule has 1 saturated heterocycles. The molecule has 0 amide bonds. The fraction of sp³-hybridized carbons (Fsp3) is 0.500. The molecule has 2 heterocycles. The molecule has 19 heavy (non-hydrogen) atoms. The first kappa shape index (κ1) is 12.1. The van der Waals surface area contributed by atoms with Crippen molar-refractivity contribution >= 4 is 5.69 Å². The Balaban J connectivity index is 1.75. The van der Waals surface area contributed by atoms with E-state index < -0.39 is 5.54 Å². The van der Waals surface area contributed by atoms with Crippen LogP contribution in [0.25, 0.3) is 0 Å². The minimum Gasteiger partial charge on any atom is -0.486 e. The molecule has 1 aromatic rings. The largest absolute Gasteiger partial charge is 0.486 e. The number of hydrogen-bond acceptors (Lipinski definition) is 5. The Bertz CT molecular complexity index is 516. The van der Waals surface area contributed by atoms with Crippen LogP contribution >= 0.6 is 0 Å². The molecule has 0 bridgehead atoms. The maximum Gasteiger partial charge on any atom is 0.163 e. The summed E-state index contributed by atoms with van der Waals surface area (Å²) in [6.07, 6.45) is 1.38. The molecule has 3 rings (SSSR count). The fourth-order valence-electron chi connectivity index (χ4n) is 2.50. The molecule has 1 fully saturated rings. The lowest BCUT2D eigenvalue weighted by atomic mass is 9.90. The monoisotopic (exact) mass is 259 g/mol. The third kappa shape index (κ3) is 2.32. The minimum absolute atomic E-state index is 0.594. The molecule has 1 aromatic carbocycles. The van der Waals surface area contributed by atoms with Crippen LogP contribution in [0.2, 0.25) is 0 Å². The normalized spacial score (nSPS) is 20.7. The number of rotatable bonds is 1. The summed E-state index contributed by atoms with van der Waals surface area (Å²) in [4.78, 5) is 2.24. The summed E-state index contributed by atoms with van der Waals surface area (Å²) in [5.74, 6) is 1.60. The van der Waals surface area contributed by atoms with Crippen molar-refractivity contribution in [2.24, 2.45) is 5.73 Å². The van der Waals surface area contributed by atoms with Gasteiger partial charge in [0.05, 0.1) is 6.07 Å². The van der Waals surface area contributed by atoms with Gasteiger partial charge >= 0.3 is 0 Å². The topological polar surface area (TPSA) is 71.5 Å². The summed E-state index contributed by atoms with van der Waals surface area (Å²) >= 11 is 0. The van der Waals surface area contributed by atoms with Crippen LogP contribution in [0.15, 0.2) is 18.2 Å². The Labute approximate surface area is 112 Å². The number of nitriles is 1. The summed E-state index contributed by atoms with van der Waals surface area (Å²) in [6, 6.07) is 8.19. The first-order valence-corrected chi connectivity index (χ1v) is 6.55. The lowest BCUT2D eigenvalue weighted by molar-refractivity contribution is 0.171. The van der Waals surface area contributed by atoms with Crippen LogP contribution in [0.1, 0.15) is 12.8 Å². The Kier molecular flexibility index (Phi) is 2.96. The van der Waals surface area contributed by atoms with Gasteiger partial charge in [0.2, 0.25) is 0 Å². The number of hydrogen-bond donors (Lipinski definition) is 1. The molecule has 5 nitrogen and oxygen atoms in total. The smallest absolute Gasteiger partial charge is 0.163 e. The van der Waals surface area contributed by atoms with Gasteiger partial charge in [0, 0.05) is 24.8 Å². The van der Waals surface area contributed by atoms with Gasteiger partial charge in [-0.05, 0) is 25.0 Å². The fourth-order valence-corrected chi connectivity index (χ4v) is 2.50. The maximum absolute atomic E-state index is 9.04. The van der Waals surface area contributed by atoms with Crippen molar-refractivity contribution in [3.8, 4) is 17.6 Å². The van der Waals surface area contributed by atoms with Crippen LogP contribution in [0.3, 0.4) is 0 Å². The molecule has 2 aliphatic heterocycles. The second-order valence-electron chi connectivity index (χ2n) is 5.08. The highest BCUT2D eigenvalue weighted by Crippen LogP contribution is 2.35. The zero-order valence-corrected chi connectivity index (χ0v) is 10.8. The van der Waals surface area contributed by atoms with Crippen molar-refractivity contribution in [3.05, 3.63) is 18.2 Å². The van der Waals surface area contributed by atoms with Gasteiger partial charge in [-0.3, -0.25) is 0 Å². The summed E-state index contributed by atoms with van der Waals surface area (Å²) in [6.45, 7) is 2.79. The molecule has 0 saturated carbocycles. The van der Waals surface area contributed by atoms with E-state index in [0.717, 1.165) is 30.3 Å². The van der Waals surface area contributed by atoms with Crippen LogP contribution < -0.4 is 20.1 Å². The minimum atomic E-state index is -0.662. The van der Waals surface area contributed by atoms with Crippen molar-refractivity contribution in [1.29, 1.82) is 5.26 Å². The van der Waals surface area contributed by atoms with Crippen LogP contribution in [-0.2, 0) is 0 Å². The molecule has 0 aromatic heterocycles. The van der Waals surface area contributed by atoms with Crippen LogP contribution in [0.4, 0.5) is 5.69 Å². The molecule has 5 heteroatoms. The van der Waals surface area contributed by atoms with Gasteiger partial charge in [-0.15, -0.1) is 0 Å². The molecule has 2 aliphatic rings. The number of benzene rings is 1. The number of ether oxygens (including phenoxy) is 2. The van der Waals surface area contributed by atoms with Gasteiger partial charge < -0.3 is 20.1 Å². The van der Waals surface area contributed by atoms with Gasteiger partial charge in [0.25, 0.3) is 0 Å². The van der Waals surface area contributed by atoms with Gasteiger partial charge in [0.1, 0.15) is 18.8 Å². The first-order valence-electron chi connectivity index (χ1n) is 6.55. The third-order valence-electron chi connectivity index (χ3n) is 3.77. The second kappa shape index (κ2) is 4.63. The van der Waals surface area contributed by atoms with Crippen LogP contribution in [-0.4, -0.2) is 31.8 Å². The predicted octanol–water partition coefficient (Wildman–Crippen LogP) is 1.28. The average Bonchev–Trinajstić information content (AvgIpc) is 2.47. The highest BCUT2D eigenvalue weighted by molar-refractivity contribution is 5.57. The van der Waals surface area contributed by atoms with Crippen molar-refractivity contribution in [1.82, 2.24) is 0 Å². The van der Waals surface area contributed by atoms with Gasteiger partial charge in [-0.2, -0.15) is 5.26 Å². The van der Waals surface area contributed by atoms with E-state index in [0.29, 0.717) is 26.1 Å². The van der Waals surface area contributed by atoms with E-state index >= 15 is 0 Å². The molecule has 100 valence electrons. The molecule has 0 radical (unpaired) electrons. The lowest BCUT2D eigenvalue weighted by Gasteiger charge is -2.36. The number of nitrogens with two attached hydrogens (primary N) is 1. The molecule has 2 N–H and O–H groups in total. The third-order valence-corrected chi connectivity index (χ3v) is 3.77. The van der Waals surface area contributed by atoms with E-state index in [4.69, 9.17) is 20.5 Å². The molecular weight excluding hydrogens is 242 g/mol. The van der Waals surface area contributed by atoms with E-state index in [9.17, 15) is 0 Å². The summed E-state index contributed by atoms with van der Waals surface area (Å²) in [7, 11) is 0. The number of fused-ring (bicyclic) bond motifs is 1. The van der Waals surface area contributed by atoms with E-state index in [1.54, 1.807) is 0 Å². The Morgan fingerprint density at radius 1 is 1.16 bits per heavy atom. The highest BCUT2D eigenvalue weighted by Gasteiger charge is 2.30. The molecule has 0 aliphatic carbocycles. The van der Waals surface area contributed by atoms with E-state index in [1.165, 1.54) is 0 Å². The van der Waals surface area contributed by atoms with Crippen LogP contribution in [0.5, 0.6) is 11.5 Å². The van der Waals surface area contributed by atoms with Crippen LogP contribution in [0, 0.1) is 11.3 Å². The van der Waals surface area contributed by atoms with E-state index in [-0.39, 0.29) is 0 Å². The number of nitrogens with zero attached hydrogens (tertiary/aromatic N) is 2. The second-order valence-corrected chi connectivity index (χ2v) is 5.08. The zero-order valence-electron chi connectivity index (χ0n) is 10.8. The maximum atomic E-state index is 9.04. The summed E-state index contributed by atoms with van der Waals surface area (Å²) in [5, 5.41) is 9.04. The molecule has 0 atom stereocenters. The van der Waals surface area contributed by atoms with E-state index in [2.05, 4.69) is 11.0 Å². The Morgan fingerprint density at radius 2 is 1.84 bits per heavy atom. The van der Waals surface area contributed by atoms with Gasteiger partial charge in [-0.25, -0.2) is 0 Å². The SMILES string of the molecule is N#CC1(N)CCN(c2ccc3c(c2)OCCO3)CC1. The van der Waals surface area contributed by atoms with Crippen molar-refractivity contribution in [2.45, 2.75) is 18.4 Å². The molecule has 0 spiro atoms. The molecular formula is C14H17N3O2. The summed E-state index contributed by atoms with van der Waals surface area (Å²) < 4.78 is 11.1. The van der Waals surface area contributed by atoms with E-state index in [1.807, 2.05) is 18.2 Å². The van der Waals surface area contributed by atoms with Crippen molar-refractivity contribution < 1.29 is 9.47 Å². The van der Waals surface area contributed by atoms with Gasteiger partial charge in [-0.1, -0.05) is 0 Å². The summed E-state index contributed by atoms with van der Waals surface area (Å²) in [5.41, 5.74) is 6.42. The zero-order chi connectivity index (χ0) is 13.3. The predicted molar refractivity (Wildman–Crippen MR) is 71.4 cm³/mol.